The lowest BCUT2D eigenvalue weighted by Gasteiger charge is -2.10. The molecule has 0 aliphatic carbocycles. The van der Waals surface area contributed by atoms with Gasteiger partial charge in [-0.25, -0.2) is 43.9 Å². The van der Waals surface area contributed by atoms with Crippen molar-refractivity contribution in [3.05, 3.63) is 69.3 Å². The topological polar surface area (TPSA) is 6.25 Å². The first-order valence-corrected chi connectivity index (χ1v) is 8.88. The summed E-state index contributed by atoms with van der Waals surface area (Å²) in [5.41, 5.74) is -1.96. The minimum absolute atomic E-state index is 0.141. The van der Waals surface area contributed by atoms with Gasteiger partial charge < -0.3 is 0 Å². The van der Waals surface area contributed by atoms with Crippen LogP contribution in [0.1, 0.15) is 11.1 Å². The molecule has 0 unspecified atom stereocenters. The summed E-state index contributed by atoms with van der Waals surface area (Å²) in [6, 6.07) is 0. The Morgan fingerprint density at radius 1 is 0.581 bits per heavy atom. The second-order valence-electron chi connectivity index (χ2n) is 6.78. The van der Waals surface area contributed by atoms with Crippen LogP contribution in [0.2, 0.25) is 0 Å². The maximum Gasteiger partial charge on any atom is 0.234 e. The average Bonchev–Trinajstić information content (AvgIpc) is 3.21. The molecule has 0 spiro atoms. The number of nitrogens with zero attached hydrogens (tertiary/aromatic N) is 2. The Bertz CT molecular complexity index is 1010. The third kappa shape index (κ3) is 4.19. The van der Waals surface area contributed by atoms with E-state index in [2.05, 4.69) is 0 Å². The minimum Gasteiger partial charge on any atom is -0.264 e. The summed E-state index contributed by atoms with van der Waals surface area (Å²) in [6.07, 6.45) is 0.333. The molecule has 12 heteroatoms. The predicted molar refractivity (Wildman–Crippen MR) is 87.5 cm³/mol. The molecule has 1 aliphatic rings. The van der Waals surface area contributed by atoms with Crippen LogP contribution in [0.3, 0.4) is 0 Å². The van der Waals surface area contributed by atoms with Crippen LogP contribution in [0.4, 0.5) is 43.9 Å². The van der Waals surface area contributed by atoms with Gasteiger partial charge in [-0.1, -0.05) is 0 Å². The second kappa shape index (κ2) is 8.75. The Labute approximate surface area is 169 Å². The Kier molecular flexibility index (Phi) is 6.46. The van der Waals surface area contributed by atoms with Gasteiger partial charge in [0.05, 0.1) is 13.1 Å². The molecule has 1 heterocycles. The largest absolute Gasteiger partial charge is 0.264 e. The molecule has 0 saturated carbocycles. The van der Waals surface area contributed by atoms with Crippen molar-refractivity contribution in [1.29, 1.82) is 0 Å². The zero-order valence-electron chi connectivity index (χ0n) is 15.5. The average molecular weight is 459 g/mol. The fraction of sp³-hybridized carbons (Fsp3) is 0.316. The molecule has 1 aliphatic heterocycles. The van der Waals surface area contributed by atoms with E-state index in [1.165, 1.54) is 15.8 Å². The van der Waals surface area contributed by atoms with Crippen LogP contribution in [0.25, 0.3) is 0 Å². The second-order valence-corrected chi connectivity index (χ2v) is 6.78. The maximum atomic E-state index is 13.7. The lowest BCUT2D eigenvalue weighted by molar-refractivity contribution is -0.513. The first-order valence-electron chi connectivity index (χ1n) is 8.88. The highest BCUT2D eigenvalue weighted by atomic mass is 19.2. The van der Waals surface area contributed by atoms with Gasteiger partial charge in [0.25, 0.3) is 0 Å². The molecule has 0 fully saturated rings. The van der Waals surface area contributed by atoms with Gasteiger partial charge in [-0.05, 0) is 0 Å². The van der Waals surface area contributed by atoms with Crippen molar-refractivity contribution < 1.29 is 48.5 Å². The van der Waals surface area contributed by atoms with Crippen molar-refractivity contribution >= 4 is 6.34 Å². The van der Waals surface area contributed by atoms with Gasteiger partial charge in [-0.2, -0.15) is 0 Å². The van der Waals surface area contributed by atoms with E-state index in [9.17, 15) is 43.9 Å². The van der Waals surface area contributed by atoms with E-state index in [1.807, 2.05) is 0 Å². The summed E-state index contributed by atoms with van der Waals surface area (Å²) in [5, 5.41) is 0. The summed E-state index contributed by atoms with van der Waals surface area (Å²) < 4.78 is 135. The SMILES string of the molecule is Fc1c(F)c(F)c(CCN2C=[N+](CCc3c(F)c(F)c(F)c(F)c3F)CC2)c(F)c1F. The number of rotatable bonds is 6. The van der Waals surface area contributed by atoms with E-state index in [0.29, 0.717) is 0 Å². The zero-order chi connectivity index (χ0) is 23.0. The third-order valence-corrected chi connectivity index (χ3v) is 4.90. The molecule has 0 aromatic heterocycles. The maximum absolute atomic E-state index is 13.7. The van der Waals surface area contributed by atoms with Crippen LogP contribution in [-0.4, -0.2) is 42.0 Å². The lowest BCUT2D eigenvalue weighted by Crippen LogP contribution is -2.23. The molecule has 0 N–H and O–H groups in total. The van der Waals surface area contributed by atoms with E-state index < -0.39 is 82.1 Å². The van der Waals surface area contributed by atoms with Crippen LogP contribution in [0.5, 0.6) is 0 Å². The molecular formula is C19H13F10N2+. The molecule has 0 saturated heterocycles. The summed E-state index contributed by atoms with van der Waals surface area (Å²) in [7, 11) is 0. The highest BCUT2D eigenvalue weighted by molar-refractivity contribution is 5.50. The smallest absolute Gasteiger partial charge is 0.234 e. The van der Waals surface area contributed by atoms with Gasteiger partial charge in [0.15, 0.2) is 46.5 Å². The molecule has 0 atom stereocenters. The summed E-state index contributed by atoms with van der Waals surface area (Å²) in [6.45, 7) is 0.202. The molecule has 2 nitrogen and oxygen atoms in total. The molecular weight excluding hydrogens is 446 g/mol. The fourth-order valence-electron chi connectivity index (χ4n) is 3.19. The van der Waals surface area contributed by atoms with Gasteiger partial charge in [-0.15, -0.1) is 0 Å². The van der Waals surface area contributed by atoms with Gasteiger partial charge in [0, 0.05) is 24.0 Å². The lowest BCUT2D eigenvalue weighted by atomic mass is 10.1. The highest BCUT2D eigenvalue weighted by Crippen LogP contribution is 2.25. The number of benzene rings is 2. The number of halogens is 10. The normalized spacial score (nSPS) is 13.9. The molecule has 0 bridgehead atoms. The quantitative estimate of drug-likeness (QED) is 0.272. The predicted octanol–water partition coefficient (Wildman–Crippen LogP) is 4.22. The van der Waals surface area contributed by atoms with E-state index >= 15 is 0 Å². The van der Waals surface area contributed by atoms with E-state index in [-0.39, 0.29) is 26.2 Å². The Balaban J connectivity index is 1.67. The van der Waals surface area contributed by atoms with Crippen molar-refractivity contribution in [3.8, 4) is 0 Å². The first kappa shape index (κ1) is 22.9. The zero-order valence-corrected chi connectivity index (χ0v) is 15.5. The minimum atomic E-state index is -2.26. The molecule has 0 amide bonds. The van der Waals surface area contributed by atoms with Gasteiger partial charge in [-0.3, -0.25) is 9.48 Å². The van der Waals surface area contributed by atoms with Crippen LogP contribution in [0.15, 0.2) is 0 Å². The standard InChI is InChI=1S/C19H13F10N2/c20-10-8(11(21)15(25)18(28)14(10)24)1-3-30-5-6-31(7-30)4-2-9-12(22)16(26)19(29)17(27)13(9)23/h7H,1-6H2/q+1. The van der Waals surface area contributed by atoms with Gasteiger partial charge in [0.1, 0.15) is 13.1 Å². The summed E-state index contributed by atoms with van der Waals surface area (Å²) in [4.78, 5) is 1.45. The van der Waals surface area contributed by atoms with E-state index in [4.69, 9.17) is 0 Å². The molecule has 2 aromatic carbocycles. The molecule has 2 aromatic rings. The number of hydrogen-bond acceptors (Lipinski definition) is 1. The van der Waals surface area contributed by atoms with Crippen molar-refractivity contribution in [2.24, 2.45) is 0 Å². The molecule has 3 rings (SSSR count). The Morgan fingerprint density at radius 3 is 1.42 bits per heavy atom. The first-order chi connectivity index (χ1) is 14.5. The van der Waals surface area contributed by atoms with Gasteiger partial charge in [0.2, 0.25) is 18.0 Å². The van der Waals surface area contributed by atoms with E-state index in [1.54, 1.807) is 0 Å². The van der Waals surface area contributed by atoms with Crippen molar-refractivity contribution in [2.45, 2.75) is 12.8 Å². The van der Waals surface area contributed by atoms with Crippen molar-refractivity contribution in [2.75, 3.05) is 26.2 Å². The van der Waals surface area contributed by atoms with Crippen LogP contribution >= 0.6 is 0 Å². The van der Waals surface area contributed by atoms with Gasteiger partial charge >= 0.3 is 0 Å². The van der Waals surface area contributed by atoms with Crippen LogP contribution in [-0.2, 0) is 12.8 Å². The Hall–Kier alpha value is -2.79. The van der Waals surface area contributed by atoms with Crippen molar-refractivity contribution in [3.63, 3.8) is 0 Å². The monoisotopic (exact) mass is 459 g/mol. The van der Waals surface area contributed by atoms with Crippen LogP contribution < -0.4 is 0 Å². The summed E-state index contributed by atoms with van der Waals surface area (Å²) >= 11 is 0. The molecule has 168 valence electrons. The van der Waals surface area contributed by atoms with Crippen LogP contribution in [0, 0.1) is 58.2 Å². The van der Waals surface area contributed by atoms with E-state index in [0.717, 1.165) is 0 Å². The Morgan fingerprint density at radius 2 is 0.968 bits per heavy atom. The van der Waals surface area contributed by atoms with Crippen molar-refractivity contribution in [1.82, 2.24) is 4.90 Å². The fourth-order valence-corrected chi connectivity index (χ4v) is 3.19. The molecule has 0 radical (unpaired) electrons. The highest BCUT2D eigenvalue weighted by Gasteiger charge is 2.29. The molecule has 31 heavy (non-hydrogen) atoms. The number of hydrogen-bond donors (Lipinski definition) is 0. The third-order valence-electron chi connectivity index (χ3n) is 4.90. The summed E-state index contributed by atoms with van der Waals surface area (Å²) in [5.74, 6) is -20.5.